The van der Waals surface area contributed by atoms with E-state index in [9.17, 15) is 9.59 Å². The van der Waals surface area contributed by atoms with Gasteiger partial charge in [0.15, 0.2) is 5.75 Å². The summed E-state index contributed by atoms with van der Waals surface area (Å²) < 4.78 is 11.1. The molecule has 28 heavy (non-hydrogen) atoms. The molecule has 2 aliphatic rings. The largest absolute Gasteiger partial charge is 0.493 e. The number of rotatable bonds is 4. The highest BCUT2D eigenvalue weighted by molar-refractivity contribution is 7.15. The number of cyclic esters (lactones) is 1. The second-order valence-electron chi connectivity index (χ2n) is 6.89. The Morgan fingerprint density at radius 1 is 1.25 bits per heavy atom. The molecule has 3 heterocycles. The maximum Gasteiger partial charge on any atom is 0.410 e. The third-order valence-electron chi connectivity index (χ3n) is 5.38. The molecule has 1 unspecified atom stereocenters. The van der Waals surface area contributed by atoms with Crippen molar-refractivity contribution >= 4 is 34.9 Å². The summed E-state index contributed by atoms with van der Waals surface area (Å²) in [4.78, 5) is 28.9. The minimum Gasteiger partial charge on any atom is -0.493 e. The molecule has 2 saturated heterocycles. The number of carbonyl (C=O) groups is 2. The van der Waals surface area contributed by atoms with E-state index in [2.05, 4.69) is 0 Å². The zero-order valence-electron chi connectivity index (χ0n) is 15.5. The van der Waals surface area contributed by atoms with Crippen LogP contribution in [0.2, 0.25) is 4.34 Å². The van der Waals surface area contributed by atoms with Gasteiger partial charge in [0.25, 0.3) is 5.91 Å². The molecule has 1 aromatic carbocycles. The summed E-state index contributed by atoms with van der Waals surface area (Å²) in [6, 6.07) is 9.92. The van der Waals surface area contributed by atoms with E-state index in [4.69, 9.17) is 21.1 Å². The molecular weight excluding hydrogens is 400 g/mol. The summed E-state index contributed by atoms with van der Waals surface area (Å²) in [5.41, 5.74) is 1.57. The number of hydrogen-bond donors (Lipinski definition) is 0. The molecule has 2 aromatic rings. The fourth-order valence-corrected chi connectivity index (χ4v) is 4.99. The van der Waals surface area contributed by atoms with Crippen molar-refractivity contribution in [3.8, 4) is 5.75 Å². The van der Waals surface area contributed by atoms with Crippen molar-refractivity contribution in [2.24, 2.45) is 0 Å². The van der Waals surface area contributed by atoms with E-state index >= 15 is 0 Å². The van der Waals surface area contributed by atoms with Crippen LogP contribution in [0.15, 0.2) is 35.7 Å². The Bertz CT molecular complexity index is 864. The van der Waals surface area contributed by atoms with E-state index in [1.54, 1.807) is 10.3 Å². The van der Waals surface area contributed by atoms with Crippen LogP contribution in [0.4, 0.5) is 4.79 Å². The molecule has 2 amide bonds. The van der Waals surface area contributed by atoms with Gasteiger partial charge >= 0.3 is 6.09 Å². The highest BCUT2D eigenvalue weighted by atomic mass is 35.5. The number of benzene rings is 1. The fourth-order valence-electron chi connectivity index (χ4n) is 3.95. The zero-order valence-corrected chi connectivity index (χ0v) is 17.0. The van der Waals surface area contributed by atoms with Gasteiger partial charge in [-0.1, -0.05) is 41.9 Å². The van der Waals surface area contributed by atoms with Gasteiger partial charge in [-0.3, -0.25) is 9.69 Å². The second kappa shape index (κ2) is 8.01. The highest BCUT2D eigenvalue weighted by Crippen LogP contribution is 2.37. The first-order valence-electron chi connectivity index (χ1n) is 9.20. The number of nitrogens with zero attached hydrogens (tertiary/aromatic N) is 2. The first-order chi connectivity index (χ1) is 13.6. The first-order valence-corrected chi connectivity index (χ1v) is 10.5. The van der Waals surface area contributed by atoms with Gasteiger partial charge in [-0.15, -0.1) is 11.3 Å². The van der Waals surface area contributed by atoms with Crippen LogP contribution in [0, 0.1) is 0 Å². The second-order valence-corrected chi connectivity index (χ2v) is 8.37. The van der Waals surface area contributed by atoms with Gasteiger partial charge in [-0.2, -0.15) is 0 Å². The van der Waals surface area contributed by atoms with Crippen LogP contribution in [0.5, 0.6) is 5.75 Å². The van der Waals surface area contributed by atoms with Crippen molar-refractivity contribution < 1.29 is 19.1 Å². The van der Waals surface area contributed by atoms with Crippen LogP contribution in [-0.2, 0) is 4.74 Å². The van der Waals surface area contributed by atoms with E-state index < -0.39 is 0 Å². The minimum absolute atomic E-state index is 0.0530. The van der Waals surface area contributed by atoms with Crippen molar-refractivity contribution in [2.45, 2.75) is 24.9 Å². The lowest BCUT2D eigenvalue weighted by molar-refractivity contribution is 0.0634. The Morgan fingerprint density at radius 3 is 2.64 bits per heavy atom. The molecule has 2 fully saturated rings. The molecule has 0 aliphatic carbocycles. The molecule has 0 bridgehead atoms. The van der Waals surface area contributed by atoms with Gasteiger partial charge in [0.05, 0.1) is 18.7 Å². The predicted molar refractivity (Wildman–Crippen MR) is 107 cm³/mol. The van der Waals surface area contributed by atoms with Gasteiger partial charge in [-0.25, -0.2) is 4.79 Å². The Balaban J connectivity index is 1.44. The summed E-state index contributed by atoms with van der Waals surface area (Å²) in [5, 5.41) is 1.73. The molecule has 148 valence electrons. The van der Waals surface area contributed by atoms with E-state index in [-0.39, 0.29) is 24.1 Å². The van der Waals surface area contributed by atoms with Crippen LogP contribution in [-0.4, -0.2) is 54.6 Å². The normalized spacial score (nSPS) is 20.4. The summed E-state index contributed by atoms with van der Waals surface area (Å²) in [7, 11) is 1.51. The van der Waals surface area contributed by atoms with Crippen molar-refractivity contribution in [1.29, 1.82) is 0 Å². The maximum absolute atomic E-state index is 12.9. The van der Waals surface area contributed by atoms with Gasteiger partial charge < -0.3 is 14.4 Å². The van der Waals surface area contributed by atoms with Crippen molar-refractivity contribution in [3.05, 3.63) is 51.2 Å². The number of amides is 2. The van der Waals surface area contributed by atoms with Crippen molar-refractivity contribution in [1.82, 2.24) is 9.80 Å². The Kier molecular flexibility index (Phi) is 5.46. The standard InChI is InChI=1S/C20H21ClN2O4S/c1-26-17-15(12-28-18(17)21)19(24)22-9-7-14(8-10-22)23-16(11-27-20(23)25)13-5-3-2-4-6-13/h2-6,12,14,16H,7-11H2,1H3. The van der Waals surface area contributed by atoms with Gasteiger partial charge in [0.2, 0.25) is 0 Å². The average molecular weight is 421 g/mol. The number of ether oxygens (including phenoxy) is 2. The molecule has 2 aliphatic heterocycles. The van der Waals surface area contributed by atoms with Crippen LogP contribution in [0.25, 0.3) is 0 Å². The number of hydrogen-bond acceptors (Lipinski definition) is 5. The Hall–Kier alpha value is -2.25. The lowest BCUT2D eigenvalue weighted by Gasteiger charge is -2.38. The predicted octanol–water partition coefficient (Wildman–Crippen LogP) is 4.21. The van der Waals surface area contributed by atoms with E-state index in [0.29, 0.717) is 48.2 Å². The van der Waals surface area contributed by atoms with E-state index in [1.807, 2.05) is 35.2 Å². The monoisotopic (exact) mass is 420 g/mol. The van der Waals surface area contributed by atoms with E-state index in [1.165, 1.54) is 18.4 Å². The lowest BCUT2D eigenvalue weighted by Crippen LogP contribution is -2.47. The number of methoxy groups -OCH3 is 1. The summed E-state index contributed by atoms with van der Waals surface area (Å²) in [5.74, 6) is 0.355. The summed E-state index contributed by atoms with van der Waals surface area (Å²) in [6.07, 6.45) is 1.15. The molecule has 6 nitrogen and oxygen atoms in total. The molecule has 8 heteroatoms. The summed E-state index contributed by atoms with van der Waals surface area (Å²) >= 11 is 7.38. The van der Waals surface area contributed by atoms with Crippen molar-refractivity contribution in [3.63, 3.8) is 0 Å². The molecule has 0 spiro atoms. The minimum atomic E-state index is -0.273. The quantitative estimate of drug-likeness (QED) is 0.743. The molecule has 1 aromatic heterocycles. The Morgan fingerprint density at radius 2 is 1.96 bits per heavy atom. The molecule has 4 rings (SSSR count). The van der Waals surface area contributed by atoms with Crippen molar-refractivity contribution in [2.75, 3.05) is 26.8 Å². The lowest BCUT2D eigenvalue weighted by atomic mass is 9.99. The third kappa shape index (κ3) is 3.44. The number of halogens is 1. The topological polar surface area (TPSA) is 59.1 Å². The highest BCUT2D eigenvalue weighted by Gasteiger charge is 2.40. The molecule has 1 atom stereocenters. The zero-order chi connectivity index (χ0) is 19.7. The number of likely N-dealkylation sites (tertiary alicyclic amines) is 1. The van der Waals surface area contributed by atoms with Crippen LogP contribution < -0.4 is 4.74 Å². The van der Waals surface area contributed by atoms with Gasteiger partial charge in [0, 0.05) is 24.5 Å². The number of thiophene rings is 1. The molecule has 0 saturated carbocycles. The van der Waals surface area contributed by atoms with Crippen LogP contribution >= 0.6 is 22.9 Å². The van der Waals surface area contributed by atoms with Gasteiger partial charge in [0.1, 0.15) is 10.9 Å². The SMILES string of the molecule is COc1c(C(=O)N2CCC(N3C(=O)OCC3c3ccccc3)CC2)csc1Cl. The van der Waals surface area contributed by atoms with E-state index in [0.717, 1.165) is 5.56 Å². The van der Waals surface area contributed by atoms with Crippen LogP contribution in [0.1, 0.15) is 34.8 Å². The van der Waals surface area contributed by atoms with Crippen LogP contribution in [0.3, 0.4) is 0 Å². The first kappa shape index (κ1) is 19.1. The summed E-state index contributed by atoms with van der Waals surface area (Å²) in [6.45, 7) is 1.52. The number of piperidine rings is 1. The van der Waals surface area contributed by atoms with Gasteiger partial charge in [-0.05, 0) is 18.4 Å². The fraction of sp³-hybridized carbons (Fsp3) is 0.400. The molecular formula is C20H21ClN2O4S. The smallest absolute Gasteiger partial charge is 0.410 e. The molecule has 0 radical (unpaired) electrons. The maximum atomic E-state index is 12.9. The third-order valence-corrected chi connectivity index (χ3v) is 6.56. The number of carbonyl (C=O) groups excluding carboxylic acids is 2. The molecule has 0 N–H and O–H groups in total. The Labute approximate surface area is 172 Å². The average Bonchev–Trinajstić information content (AvgIpc) is 3.30.